The van der Waals surface area contributed by atoms with Crippen molar-refractivity contribution in [2.45, 2.75) is 80.1 Å². The Bertz CT molecular complexity index is 586. The van der Waals surface area contributed by atoms with E-state index < -0.39 is 0 Å². The first-order valence-electron chi connectivity index (χ1n) is 8.88. The molecule has 1 heteroatoms. The van der Waals surface area contributed by atoms with Crippen molar-refractivity contribution in [2.75, 3.05) is 0 Å². The van der Waals surface area contributed by atoms with Gasteiger partial charge in [-0.25, -0.2) is 0 Å². The molecular formula is C23H33O. The van der Waals surface area contributed by atoms with E-state index in [-0.39, 0.29) is 10.8 Å². The summed E-state index contributed by atoms with van der Waals surface area (Å²) in [4.78, 5) is 0. The van der Waals surface area contributed by atoms with Crippen LogP contribution in [0.2, 0.25) is 0 Å². The molecule has 1 saturated carbocycles. The molecule has 1 N–H and O–H groups in total. The Morgan fingerprint density at radius 1 is 0.667 bits per heavy atom. The van der Waals surface area contributed by atoms with Gasteiger partial charge in [-0.2, -0.15) is 0 Å². The number of benzene rings is 1. The number of aromatic hydroxyl groups is 1. The molecule has 24 heavy (non-hydrogen) atoms. The van der Waals surface area contributed by atoms with Crippen molar-refractivity contribution in [3.05, 3.63) is 58.4 Å². The highest BCUT2D eigenvalue weighted by molar-refractivity contribution is 5.70. The summed E-state index contributed by atoms with van der Waals surface area (Å²) in [6, 6.07) is 4.38. The second-order valence-corrected chi connectivity index (χ2v) is 9.29. The zero-order chi connectivity index (χ0) is 18.6. The molecule has 1 aromatic carbocycles. The first-order valence-corrected chi connectivity index (χ1v) is 8.88. The maximum absolute atomic E-state index is 11.1. The van der Waals surface area contributed by atoms with Crippen molar-refractivity contribution in [2.24, 2.45) is 0 Å². The Hall–Kier alpha value is -0.980. The van der Waals surface area contributed by atoms with Crippen LogP contribution in [0.5, 0.6) is 5.75 Å². The topological polar surface area (TPSA) is 20.2 Å². The largest absolute Gasteiger partial charge is 0.507 e. The van der Waals surface area contributed by atoms with E-state index in [9.17, 15) is 5.11 Å². The maximum Gasteiger partial charge on any atom is 0.123 e. The smallest absolute Gasteiger partial charge is 0.123 e. The summed E-state index contributed by atoms with van der Waals surface area (Å²) in [6.45, 7) is 21.9. The Morgan fingerprint density at radius 3 is 1.50 bits per heavy atom. The fourth-order valence-corrected chi connectivity index (χ4v) is 3.45. The first kappa shape index (κ1) is 19.3. The van der Waals surface area contributed by atoms with Gasteiger partial charge in [-0.1, -0.05) is 81.4 Å². The van der Waals surface area contributed by atoms with Crippen molar-refractivity contribution in [1.82, 2.24) is 0 Å². The summed E-state index contributed by atoms with van der Waals surface area (Å²) < 4.78 is 0. The van der Waals surface area contributed by atoms with E-state index in [0.29, 0.717) is 5.75 Å². The Balaban J connectivity index is 2.70. The number of phenolic OH excluding ortho intramolecular Hbond substituents is 1. The van der Waals surface area contributed by atoms with Crippen LogP contribution in [-0.2, 0) is 10.8 Å². The van der Waals surface area contributed by atoms with Crippen LogP contribution < -0.4 is 0 Å². The molecule has 1 aromatic rings. The molecule has 1 fully saturated rings. The van der Waals surface area contributed by atoms with E-state index >= 15 is 0 Å². The van der Waals surface area contributed by atoms with E-state index in [1.165, 1.54) is 35.2 Å². The third kappa shape index (κ3) is 3.24. The summed E-state index contributed by atoms with van der Waals surface area (Å²) in [5.41, 5.74) is 3.23. The fourth-order valence-electron chi connectivity index (χ4n) is 3.45. The van der Waals surface area contributed by atoms with Gasteiger partial charge in [-0.05, 0) is 45.6 Å². The van der Waals surface area contributed by atoms with Gasteiger partial charge in [-0.3, -0.25) is 0 Å². The van der Waals surface area contributed by atoms with Crippen LogP contribution in [0, 0.1) is 29.6 Å². The summed E-state index contributed by atoms with van der Waals surface area (Å²) in [5.74, 6) is 6.88. The quantitative estimate of drug-likeness (QED) is 0.642. The summed E-state index contributed by atoms with van der Waals surface area (Å²) in [7, 11) is 0. The highest BCUT2D eigenvalue weighted by Crippen LogP contribution is 2.57. The lowest BCUT2D eigenvalue weighted by molar-refractivity contribution is 0.440. The zero-order valence-corrected chi connectivity index (χ0v) is 17.1. The second-order valence-electron chi connectivity index (χ2n) is 9.29. The molecule has 0 bridgehead atoms. The van der Waals surface area contributed by atoms with Crippen LogP contribution in [0.4, 0.5) is 0 Å². The Labute approximate surface area is 149 Å². The zero-order valence-electron chi connectivity index (χ0n) is 17.1. The summed E-state index contributed by atoms with van der Waals surface area (Å²) >= 11 is 0. The summed E-state index contributed by atoms with van der Waals surface area (Å²) in [6.07, 6.45) is 0. The molecular weight excluding hydrogens is 292 g/mol. The van der Waals surface area contributed by atoms with Gasteiger partial charge in [0.1, 0.15) is 5.75 Å². The highest BCUT2D eigenvalue weighted by atomic mass is 16.3. The van der Waals surface area contributed by atoms with Crippen molar-refractivity contribution in [3.63, 3.8) is 0 Å². The minimum absolute atomic E-state index is 0.0426. The van der Waals surface area contributed by atoms with Crippen LogP contribution in [0.25, 0.3) is 0 Å². The predicted molar refractivity (Wildman–Crippen MR) is 104 cm³/mol. The van der Waals surface area contributed by atoms with Gasteiger partial charge < -0.3 is 5.11 Å². The minimum atomic E-state index is -0.0986. The Kier molecular flexibility index (Phi) is 4.90. The lowest BCUT2D eigenvalue weighted by Gasteiger charge is -2.30. The minimum Gasteiger partial charge on any atom is -0.507 e. The van der Waals surface area contributed by atoms with Crippen LogP contribution >= 0.6 is 0 Å². The van der Waals surface area contributed by atoms with Crippen LogP contribution in [0.1, 0.15) is 85.9 Å². The third-order valence-corrected chi connectivity index (χ3v) is 5.49. The van der Waals surface area contributed by atoms with Crippen molar-refractivity contribution < 1.29 is 5.11 Å². The van der Waals surface area contributed by atoms with Crippen LogP contribution in [-0.4, -0.2) is 5.11 Å². The van der Waals surface area contributed by atoms with Crippen LogP contribution in [0.15, 0.2) is 12.1 Å². The molecule has 0 heterocycles. The molecule has 0 spiro atoms. The van der Waals surface area contributed by atoms with E-state index in [1.54, 1.807) is 0 Å². The lowest BCUT2D eigenvalue weighted by Crippen LogP contribution is -2.19. The molecule has 0 aromatic heterocycles. The SMILES string of the molecule is C[C]1[C](C)[C](C)[C](c2cc(C(C)(C)C)cc(C(C)(C)C)c2O)[C]1C. The molecule has 1 aliphatic carbocycles. The highest BCUT2D eigenvalue weighted by Gasteiger charge is 2.46. The molecule has 131 valence electrons. The van der Waals surface area contributed by atoms with Gasteiger partial charge in [0.05, 0.1) is 0 Å². The molecule has 1 aliphatic rings. The van der Waals surface area contributed by atoms with Gasteiger partial charge >= 0.3 is 0 Å². The molecule has 0 saturated heterocycles. The summed E-state index contributed by atoms with van der Waals surface area (Å²) in [5, 5.41) is 11.1. The van der Waals surface area contributed by atoms with E-state index in [2.05, 4.69) is 81.4 Å². The molecule has 0 unspecified atom stereocenters. The molecule has 0 atom stereocenters. The van der Waals surface area contributed by atoms with Gasteiger partial charge in [0, 0.05) is 11.5 Å². The molecule has 0 aliphatic heterocycles. The van der Waals surface area contributed by atoms with Gasteiger partial charge in [0.2, 0.25) is 0 Å². The fraction of sp³-hybridized carbons (Fsp3) is 0.522. The Morgan fingerprint density at radius 2 is 1.12 bits per heavy atom. The maximum atomic E-state index is 11.1. The first-order chi connectivity index (χ1) is 10.8. The number of hydrogen-bond acceptors (Lipinski definition) is 1. The van der Waals surface area contributed by atoms with Gasteiger partial charge in [-0.15, -0.1) is 0 Å². The number of hydrogen-bond donors (Lipinski definition) is 1. The second kappa shape index (κ2) is 6.07. The number of rotatable bonds is 1. The van der Waals surface area contributed by atoms with Crippen molar-refractivity contribution in [1.29, 1.82) is 0 Å². The number of phenols is 1. The molecule has 2 rings (SSSR count). The van der Waals surface area contributed by atoms with Crippen molar-refractivity contribution >= 4 is 0 Å². The van der Waals surface area contributed by atoms with E-state index in [0.717, 1.165) is 11.1 Å². The van der Waals surface area contributed by atoms with E-state index in [4.69, 9.17) is 0 Å². The molecule has 1 nitrogen and oxygen atoms in total. The molecule has 5 radical (unpaired) electrons. The predicted octanol–water partition coefficient (Wildman–Crippen LogP) is 6.30. The van der Waals surface area contributed by atoms with Crippen molar-refractivity contribution in [3.8, 4) is 5.75 Å². The van der Waals surface area contributed by atoms with Crippen LogP contribution in [0.3, 0.4) is 0 Å². The van der Waals surface area contributed by atoms with Gasteiger partial charge in [0.15, 0.2) is 0 Å². The molecule has 0 amide bonds. The van der Waals surface area contributed by atoms with Gasteiger partial charge in [0.25, 0.3) is 0 Å². The third-order valence-electron chi connectivity index (χ3n) is 5.49. The lowest BCUT2D eigenvalue weighted by atomic mass is 9.74. The normalized spacial score (nSPS) is 20.2. The van der Waals surface area contributed by atoms with E-state index in [1.807, 2.05) is 0 Å². The standard InChI is InChI=1S/C23H33O/c1-13-14(2)16(4)20(15(13)3)18-11-17(22(5,6)7)12-19(21(18)24)23(8,9)10/h11-12,24H,1-10H3. The monoisotopic (exact) mass is 325 g/mol. The average molecular weight is 326 g/mol. The average Bonchev–Trinajstić information content (AvgIpc) is 2.61.